The molecule has 2 fully saturated rings. The molecule has 0 bridgehead atoms. The molecule has 0 N–H and O–H groups in total. The number of carbonyl (C=O) groups excluding carboxylic acids is 1. The summed E-state index contributed by atoms with van der Waals surface area (Å²) in [5.74, 6) is 0. The van der Waals surface area contributed by atoms with Crippen LogP contribution in [-0.2, 0) is 14.9 Å². The highest BCUT2D eigenvalue weighted by atomic mass is 16.5. The first-order chi connectivity index (χ1) is 7.29. The predicted molar refractivity (Wildman–Crippen MR) is 56.7 cm³/mol. The van der Waals surface area contributed by atoms with Gasteiger partial charge in [0.05, 0.1) is 18.6 Å². The summed E-state index contributed by atoms with van der Waals surface area (Å²) in [5, 5.41) is 0. The maximum Gasteiger partial charge on any atom is 0.130 e. The molecule has 1 aromatic carbocycles. The minimum atomic E-state index is -0.217. The maximum atomic E-state index is 11.3. The number of hydrogen-bond acceptors (Lipinski definition) is 2. The van der Waals surface area contributed by atoms with E-state index in [2.05, 4.69) is 12.1 Å². The van der Waals surface area contributed by atoms with E-state index in [1.165, 1.54) is 0 Å². The van der Waals surface area contributed by atoms with Crippen molar-refractivity contribution in [2.75, 3.05) is 13.2 Å². The summed E-state index contributed by atoms with van der Waals surface area (Å²) < 4.78 is 5.24. The zero-order chi connectivity index (χ0) is 10.4. The quantitative estimate of drug-likeness (QED) is 0.685. The maximum absolute atomic E-state index is 11.3. The first-order valence-corrected chi connectivity index (χ1v) is 5.38. The molecule has 78 valence electrons. The summed E-state index contributed by atoms with van der Waals surface area (Å²) in [6.45, 7) is 1.69. The second-order valence-corrected chi connectivity index (χ2v) is 4.99. The van der Waals surface area contributed by atoms with Crippen LogP contribution in [0.4, 0.5) is 0 Å². The third kappa shape index (κ3) is 1.18. The van der Waals surface area contributed by atoms with Crippen LogP contribution in [0.5, 0.6) is 0 Å². The Morgan fingerprint density at radius 1 is 1.13 bits per heavy atom. The normalized spacial score (nSPS) is 25.3. The van der Waals surface area contributed by atoms with Crippen LogP contribution in [0.25, 0.3) is 0 Å². The third-order valence-corrected chi connectivity index (χ3v) is 3.77. The van der Waals surface area contributed by atoms with E-state index >= 15 is 0 Å². The van der Waals surface area contributed by atoms with Gasteiger partial charge in [-0.1, -0.05) is 30.3 Å². The number of ether oxygens (including phenoxy) is 1. The highest BCUT2D eigenvalue weighted by Crippen LogP contribution is 2.58. The van der Waals surface area contributed by atoms with E-state index in [0.29, 0.717) is 5.41 Å². The molecule has 0 amide bonds. The van der Waals surface area contributed by atoms with Crippen molar-refractivity contribution in [2.45, 2.75) is 18.3 Å². The summed E-state index contributed by atoms with van der Waals surface area (Å²) in [4.78, 5) is 11.3. The van der Waals surface area contributed by atoms with Crippen molar-refractivity contribution in [2.24, 2.45) is 5.41 Å². The largest absolute Gasteiger partial charge is 0.380 e. The minimum Gasteiger partial charge on any atom is -0.380 e. The Morgan fingerprint density at radius 3 is 2.27 bits per heavy atom. The average Bonchev–Trinajstić information content (AvgIpc) is 2.17. The Labute approximate surface area is 89.2 Å². The van der Waals surface area contributed by atoms with Crippen LogP contribution < -0.4 is 0 Å². The van der Waals surface area contributed by atoms with Crippen LogP contribution in [-0.4, -0.2) is 19.5 Å². The SMILES string of the molecule is O=CC1(c2ccccc2)CC2(COC2)C1. The van der Waals surface area contributed by atoms with Crippen molar-refractivity contribution in [1.29, 1.82) is 0 Å². The summed E-state index contributed by atoms with van der Waals surface area (Å²) >= 11 is 0. The van der Waals surface area contributed by atoms with Crippen LogP contribution in [0.2, 0.25) is 0 Å². The molecule has 1 heterocycles. The van der Waals surface area contributed by atoms with Gasteiger partial charge >= 0.3 is 0 Å². The van der Waals surface area contributed by atoms with E-state index in [-0.39, 0.29) is 5.41 Å². The van der Waals surface area contributed by atoms with Crippen molar-refractivity contribution < 1.29 is 9.53 Å². The van der Waals surface area contributed by atoms with Gasteiger partial charge in [-0.15, -0.1) is 0 Å². The molecular formula is C13H14O2. The average molecular weight is 202 g/mol. The second-order valence-electron chi connectivity index (χ2n) is 4.99. The molecule has 0 atom stereocenters. The molecule has 1 aliphatic heterocycles. The lowest BCUT2D eigenvalue weighted by Crippen LogP contribution is -2.60. The fourth-order valence-corrected chi connectivity index (χ4v) is 3.01. The van der Waals surface area contributed by atoms with Crippen molar-refractivity contribution in [3.05, 3.63) is 35.9 Å². The Balaban J connectivity index is 1.87. The van der Waals surface area contributed by atoms with Crippen LogP contribution in [0.3, 0.4) is 0 Å². The van der Waals surface area contributed by atoms with Gasteiger partial charge in [-0.2, -0.15) is 0 Å². The van der Waals surface area contributed by atoms with Gasteiger partial charge in [-0.3, -0.25) is 0 Å². The fraction of sp³-hybridized carbons (Fsp3) is 0.462. The van der Waals surface area contributed by atoms with Crippen molar-refractivity contribution in [3.63, 3.8) is 0 Å². The lowest BCUT2D eigenvalue weighted by Gasteiger charge is -2.58. The van der Waals surface area contributed by atoms with Gasteiger partial charge in [-0.25, -0.2) is 0 Å². The molecule has 2 nitrogen and oxygen atoms in total. The monoisotopic (exact) mass is 202 g/mol. The van der Waals surface area contributed by atoms with E-state index in [0.717, 1.165) is 37.9 Å². The smallest absolute Gasteiger partial charge is 0.130 e. The van der Waals surface area contributed by atoms with Gasteiger partial charge in [0.25, 0.3) is 0 Å². The van der Waals surface area contributed by atoms with Gasteiger partial charge in [0, 0.05) is 5.41 Å². The Morgan fingerprint density at radius 2 is 1.80 bits per heavy atom. The predicted octanol–water partition coefficient (Wildman–Crippen LogP) is 1.93. The molecule has 15 heavy (non-hydrogen) atoms. The van der Waals surface area contributed by atoms with Gasteiger partial charge in [-0.05, 0) is 18.4 Å². The molecule has 1 aliphatic carbocycles. The van der Waals surface area contributed by atoms with Crippen LogP contribution in [0.15, 0.2) is 30.3 Å². The summed E-state index contributed by atoms with van der Waals surface area (Å²) in [5.41, 5.74) is 1.28. The highest BCUT2D eigenvalue weighted by molar-refractivity contribution is 5.71. The summed E-state index contributed by atoms with van der Waals surface area (Å²) in [6, 6.07) is 10.1. The molecule has 3 rings (SSSR count). The molecule has 2 heteroatoms. The van der Waals surface area contributed by atoms with Crippen molar-refractivity contribution >= 4 is 6.29 Å². The molecule has 1 aromatic rings. The van der Waals surface area contributed by atoms with E-state index in [4.69, 9.17) is 4.74 Å². The number of benzene rings is 1. The lowest BCUT2D eigenvalue weighted by molar-refractivity contribution is -0.187. The number of carbonyl (C=O) groups is 1. The number of rotatable bonds is 2. The Kier molecular flexibility index (Phi) is 1.77. The van der Waals surface area contributed by atoms with E-state index < -0.39 is 0 Å². The second kappa shape index (κ2) is 2.92. The number of aldehydes is 1. The van der Waals surface area contributed by atoms with Crippen LogP contribution in [0.1, 0.15) is 18.4 Å². The molecule has 2 aliphatic rings. The molecule has 1 spiro atoms. The Bertz CT molecular complexity index is 371. The topological polar surface area (TPSA) is 26.3 Å². The van der Waals surface area contributed by atoms with Crippen molar-refractivity contribution in [1.82, 2.24) is 0 Å². The van der Waals surface area contributed by atoms with E-state index in [9.17, 15) is 4.79 Å². The molecule has 0 aromatic heterocycles. The van der Waals surface area contributed by atoms with Gasteiger partial charge < -0.3 is 9.53 Å². The van der Waals surface area contributed by atoms with Gasteiger partial charge in [0.15, 0.2) is 0 Å². The minimum absolute atomic E-state index is 0.217. The molecule has 0 unspecified atom stereocenters. The molecular weight excluding hydrogens is 188 g/mol. The lowest BCUT2D eigenvalue weighted by atomic mass is 9.50. The van der Waals surface area contributed by atoms with Gasteiger partial charge in [0.1, 0.15) is 6.29 Å². The summed E-state index contributed by atoms with van der Waals surface area (Å²) in [6.07, 6.45) is 3.06. The highest BCUT2D eigenvalue weighted by Gasteiger charge is 2.59. The fourth-order valence-electron chi connectivity index (χ4n) is 3.01. The van der Waals surface area contributed by atoms with E-state index in [1.54, 1.807) is 0 Å². The standard InChI is InChI=1S/C13H14O2/c14-8-13(11-4-2-1-3-5-11)6-12(7-13)9-15-10-12/h1-5,8H,6-7,9-10H2. The Hall–Kier alpha value is -1.15. The molecule has 0 radical (unpaired) electrons. The van der Waals surface area contributed by atoms with Gasteiger partial charge in [0.2, 0.25) is 0 Å². The zero-order valence-electron chi connectivity index (χ0n) is 8.61. The van der Waals surface area contributed by atoms with Crippen molar-refractivity contribution in [3.8, 4) is 0 Å². The van der Waals surface area contributed by atoms with E-state index in [1.807, 2.05) is 18.2 Å². The first-order valence-electron chi connectivity index (χ1n) is 5.38. The number of hydrogen-bond donors (Lipinski definition) is 0. The first kappa shape index (κ1) is 9.10. The van der Waals surface area contributed by atoms with Crippen LogP contribution >= 0.6 is 0 Å². The zero-order valence-corrected chi connectivity index (χ0v) is 8.61. The van der Waals surface area contributed by atoms with Crippen LogP contribution in [0, 0.1) is 5.41 Å². The molecule has 1 saturated heterocycles. The summed E-state index contributed by atoms with van der Waals surface area (Å²) in [7, 11) is 0. The molecule has 1 saturated carbocycles. The third-order valence-electron chi connectivity index (χ3n) is 3.77.